The number of nitrogens with one attached hydrogen (secondary N) is 2. The molecule has 0 aliphatic carbocycles. The first-order valence-electron chi connectivity index (χ1n) is 5.84. The van der Waals surface area contributed by atoms with Crippen LogP contribution in [0.25, 0.3) is 0 Å². The lowest BCUT2D eigenvalue weighted by molar-refractivity contribution is -0.769. The van der Waals surface area contributed by atoms with Gasteiger partial charge in [-0.25, -0.2) is 4.79 Å². The Bertz CT molecular complexity index is 417. The van der Waals surface area contributed by atoms with E-state index in [0.29, 0.717) is 0 Å². The predicted molar refractivity (Wildman–Crippen MR) is 60.9 cm³/mol. The molecule has 2 aliphatic rings. The molecule has 11 nitrogen and oxygen atoms in total. The fourth-order valence-corrected chi connectivity index (χ4v) is 2.21. The van der Waals surface area contributed by atoms with E-state index in [9.17, 15) is 19.7 Å². The van der Waals surface area contributed by atoms with E-state index in [-0.39, 0.29) is 19.8 Å². The van der Waals surface area contributed by atoms with Gasteiger partial charge in [-0.05, 0) is 0 Å². The van der Waals surface area contributed by atoms with Crippen LogP contribution in [0.1, 0.15) is 0 Å². The average Bonchev–Trinajstić information content (AvgIpc) is 2.91. The van der Waals surface area contributed by atoms with Gasteiger partial charge in [0, 0.05) is 0 Å². The molecule has 0 aromatic heterocycles. The molecule has 11 heteroatoms. The minimum atomic E-state index is -0.900. The second kappa shape index (κ2) is 5.88. The van der Waals surface area contributed by atoms with Gasteiger partial charge in [-0.2, -0.15) is 0 Å². The van der Waals surface area contributed by atoms with Crippen molar-refractivity contribution >= 4 is 11.9 Å². The zero-order valence-corrected chi connectivity index (χ0v) is 10.3. The van der Waals surface area contributed by atoms with E-state index in [1.54, 1.807) is 0 Å². The van der Waals surface area contributed by atoms with Gasteiger partial charge < -0.3 is 30.7 Å². The lowest BCUT2D eigenvalue weighted by atomic mass is 10.1. The second-order valence-corrected chi connectivity index (χ2v) is 4.36. The van der Waals surface area contributed by atoms with E-state index in [2.05, 4.69) is 15.5 Å². The van der Waals surface area contributed by atoms with Gasteiger partial charge in [0.25, 0.3) is 5.09 Å². The number of amides is 3. The fourth-order valence-electron chi connectivity index (χ4n) is 2.21. The molecule has 4 N–H and O–H groups in total. The molecule has 0 aromatic carbocycles. The Morgan fingerprint density at radius 2 is 2.05 bits per heavy atom. The van der Waals surface area contributed by atoms with Crippen molar-refractivity contribution in [1.29, 1.82) is 0 Å². The summed E-state index contributed by atoms with van der Waals surface area (Å²) in [4.78, 5) is 36.7. The molecule has 0 spiro atoms. The SMILES string of the molecule is NC(=O)NCC(=O)N[C@H]1CO[C@H]2[C@@H]1OC[C@H]2O[N+](=O)[O-]. The van der Waals surface area contributed by atoms with Gasteiger partial charge in [0.05, 0.1) is 25.8 Å². The molecule has 0 unspecified atom stereocenters. The molecule has 20 heavy (non-hydrogen) atoms. The first-order valence-corrected chi connectivity index (χ1v) is 5.84. The van der Waals surface area contributed by atoms with Crippen LogP contribution in [0.4, 0.5) is 4.79 Å². The van der Waals surface area contributed by atoms with Crippen LogP contribution >= 0.6 is 0 Å². The molecule has 0 radical (unpaired) electrons. The largest absolute Gasteiger partial charge is 0.371 e. The molecular weight excluding hydrogens is 276 g/mol. The zero-order valence-electron chi connectivity index (χ0n) is 10.3. The van der Waals surface area contributed by atoms with Crippen molar-refractivity contribution < 1.29 is 29.0 Å². The first kappa shape index (κ1) is 14.3. The summed E-state index contributed by atoms with van der Waals surface area (Å²) in [6, 6.07) is -1.26. The number of ether oxygens (including phenoxy) is 2. The van der Waals surface area contributed by atoms with Crippen molar-refractivity contribution in [2.24, 2.45) is 5.73 Å². The summed E-state index contributed by atoms with van der Waals surface area (Å²) in [5.41, 5.74) is 4.84. The molecule has 0 saturated carbocycles. The van der Waals surface area contributed by atoms with Gasteiger partial charge in [-0.15, -0.1) is 10.1 Å². The Hall–Kier alpha value is -2.14. The van der Waals surface area contributed by atoms with E-state index in [4.69, 9.17) is 15.2 Å². The topological polar surface area (TPSA) is 155 Å². The standard InChI is InChI=1S/C9H14N4O7/c10-9(15)11-1-6(14)12-4-2-18-8-5(20-13(16)17)3-19-7(4)8/h4-5,7-8H,1-3H2,(H,12,14)(H3,10,11,15)/t4-,5+,7+,8+/m0/s1. The fraction of sp³-hybridized carbons (Fsp3) is 0.778. The molecule has 2 fully saturated rings. The molecule has 2 aliphatic heterocycles. The highest BCUT2D eigenvalue weighted by Crippen LogP contribution is 2.28. The third-order valence-electron chi connectivity index (χ3n) is 3.00. The summed E-state index contributed by atoms with van der Waals surface area (Å²) in [5.74, 6) is -0.458. The summed E-state index contributed by atoms with van der Waals surface area (Å²) in [6.45, 7) is -0.102. The summed E-state index contributed by atoms with van der Waals surface area (Å²) >= 11 is 0. The predicted octanol–water partition coefficient (Wildman–Crippen LogP) is -2.49. The number of nitrogens with zero attached hydrogens (tertiary/aromatic N) is 1. The molecule has 2 heterocycles. The van der Waals surface area contributed by atoms with Gasteiger partial charge in [0.15, 0.2) is 6.10 Å². The van der Waals surface area contributed by atoms with E-state index in [0.717, 1.165) is 0 Å². The number of rotatable bonds is 5. The van der Waals surface area contributed by atoms with Crippen LogP contribution in [0, 0.1) is 10.1 Å². The summed E-state index contributed by atoms with van der Waals surface area (Å²) in [5, 5.41) is 14.1. The van der Waals surface area contributed by atoms with Gasteiger partial charge in [-0.1, -0.05) is 0 Å². The van der Waals surface area contributed by atoms with Crippen molar-refractivity contribution in [1.82, 2.24) is 10.6 Å². The zero-order chi connectivity index (χ0) is 14.7. The average molecular weight is 290 g/mol. The van der Waals surface area contributed by atoms with Crippen molar-refractivity contribution in [3.63, 3.8) is 0 Å². The third kappa shape index (κ3) is 3.24. The summed E-state index contributed by atoms with van der Waals surface area (Å²) in [7, 11) is 0. The molecule has 112 valence electrons. The number of primary amides is 1. The molecule has 2 rings (SSSR count). The van der Waals surface area contributed by atoms with E-state index >= 15 is 0 Å². The Morgan fingerprint density at radius 1 is 1.35 bits per heavy atom. The van der Waals surface area contributed by atoms with Gasteiger partial charge >= 0.3 is 6.03 Å². The number of fused-ring (bicyclic) bond motifs is 1. The normalized spacial score (nSPS) is 31.4. The van der Waals surface area contributed by atoms with E-state index < -0.39 is 41.4 Å². The third-order valence-corrected chi connectivity index (χ3v) is 3.00. The Labute approximate surface area is 112 Å². The number of hydrogen-bond donors (Lipinski definition) is 3. The number of hydrogen-bond acceptors (Lipinski definition) is 7. The molecule has 4 atom stereocenters. The van der Waals surface area contributed by atoms with E-state index in [1.807, 2.05) is 0 Å². The van der Waals surface area contributed by atoms with Crippen LogP contribution in [-0.4, -0.2) is 61.1 Å². The Balaban J connectivity index is 1.83. The lowest BCUT2D eigenvalue weighted by Crippen LogP contribution is -2.48. The number of carbonyl (C=O) groups excluding carboxylic acids is 2. The number of nitrogens with two attached hydrogens (primary N) is 1. The van der Waals surface area contributed by atoms with Gasteiger partial charge in [0.2, 0.25) is 5.91 Å². The van der Waals surface area contributed by atoms with Crippen LogP contribution in [0.15, 0.2) is 0 Å². The van der Waals surface area contributed by atoms with Gasteiger partial charge in [-0.3, -0.25) is 4.79 Å². The Morgan fingerprint density at radius 3 is 2.70 bits per heavy atom. The van der Waals surface area contributed by atoms with E-state index in [1.165, 1.54) is 0 Å². The highest BCUT2D eigenvalue weighted by molar-refractivity contribution is 5.83. The smallest absolute Gasteiger partial charge is 0.312 e. The van der Waals surface area contributed by atoms with Crippen LogP contribution in [0.5, 0.6) is 0 Å². The van der Waals surface area contributed by atoms with Crippen LogP contribution in [0.3, 0.4) is 0 Å². The molecule has 0 aromatic rings. The maximum absolute atomic E-state index is 11.5. The van der Waals surface area contributed by atoms with Crippen LogP contribution < -0.4 is 16.4 Å². The maximum Gasteiger partial charge on any atom is 0.312 e. The van der Waals surface area contributed by atoms with Crippen molar-refractivity contribution in [3.05, 3.63) is 10.1 Å². The first-order chi connectivity index (χ1) is 9.47. The molecule has 3 amide bonds. The van der Waals surface area contributed by atoms with Crippen LogP contribution in [-0.2, 0) is 19.1 Å². The highest BCUT2D eigenvalue weighted by atomic mass is 17.0. The number of urea groups is 1. The maximum atomic E-state index is 11.5. The minimum Gasteiger partial charge on any atom is -0.371 e. The molecular formula is C9H14N4O7. The van der Waals surface area contributed by atoms with Crippen molar-refractivity contribution in [3.8, 4) is 0 Å². The van der Waals surface area contributed by atoms with Gasteiger partial charge in [0.1, 0.15) is 12.2 Å². The minimum absolute atomic E-state index is 0.0161. The number of carbonyl (C=O) groups is 2. The highest BCUT2D eigenvalue weighted by Gasteiger charge is 2.49. The molecule has 2 saturated heterocycles. The second-order valence-electron chi connectivity index (χ2n) is 4.36. The monoisotopic (exact) mass is 290 g/mol. The quantitative estimate of drug-likeness (QED) is 0.373. The van der Waals surface area contributed by atoms with Crippen molar-refractivity contribution in [2.45, 2.75) is 24.4 Å². The van der Waals surface area contributed by atoms with Crippen LogP contribution in [0.2, 0.25) is 0 Å². The lowest BCUT2D eigenvalue weighted by Gasteiger charge is -2.17. The van der Waals surface area contributed by atoms with Crippen molar-refractivity contribution in [2.75, 3.05) is 19.8 Å². The Kier molecular flexibility index (Phi) is 4.20. The summed E-state index contributed by atoms with van der Waals surface area (Å²) < 4.78 is 10.7. The summed E-state index contributed by atoms with van der Waals surface area (Å²) in [6.07, 6.45) is -1.92. The molecule has 0 bridgehead atoms.